The molecule has 16 heteroatoms. The van der Waals surface area contributed by atoms with Crippen molar-refractivity contribution in [2.45, 2.75) is 47.7 Å². The van der Waals surface area contributed by atoms with Crippen molar-refractivity contribution in [3.05, 3.63) is 464 Å². The first-order valence-corrected chi connectivity index (χ1v) is 42.6. The van der Waals surface area contributed by atoms with Gasteiger partial charge in [-0.25, -0.2) is 64.8 Å². The highest BCUT2D eigenvalue weighted by Crippen LogP contribution is 2.37. The first-order chi connectivity index (χ1) is 63.5. The summed E-state index contributed by atoms with van der Waals surface area (Å²) in [7, 11) is 0. The lowest BCUT2D eigenvalue weighted by atomic mass is 10.1. The van der Waals surface area contributed by atoms with Gasteiger partial charge in [0.05, 0.1) is 28.3 Å². The Hall–Kier alpha value is -16.7. The highest BCUT2D eigenvalue weighted by molar-refractivity contribution is 5.76. The molecule has 0 spiro atoms. The third kappa shape index (κ3) is 22.9. The molecule has 0 unspecified atom stereocenters. The second-order valence-corrected chi connectivity index (χ2v) is 31.1. The predicted octanol–water partition coefficient (Wildman–Crippen LogP) is 28.4. The van der Waals surface area contributed by atoms with Gasteiger partial charge in [0.2, 0.25) is 0 Å². The summed E-state index contributed by atoms with van der Waals surface area (Å²) in [6, 6.07) is 139. The molecule has 5 aromatic heterocycles. The van der Waals surface area contributed by atoms with Crippen LogP contribution in [0.15, 0.2) is 425 Å². The van der Waals surface area contributed by atoms with Crippen LogP contribution in [0.4, 0.5) is 13.2 Å². The number of aryl methyl sites for hydroxylation is 6. The van der Waals surface area contributed by atoms with Gasteiger partial charge in [-0.3, -0.25) is 0 Å². The van der Waals surface area contributed by atoms with Crippen molar-refractivity contribution in [2.75, 3.05) is 0 Å². The van der Waals surface area contributed by atoms with E-state index in [-0.39, 0.29) is 5.82 Å². The lowest BCUT2D eigenvalue weighted by Gasteiger charge is -2.12. The van der Waals surface area contributed by atoms with Crippen molar-refractivity contribution in [1.29, 1.82) is 0 Å². The molecule has 13 nitrogen and oxygen atoms in total. The Labute approximate surface area is 754 Å². The number of rotatable bonds is 15. The molecule has 0 amide bonds. The molecule has 0 aliphatic heterocycles. The monoisotopic (exact) mass is 1700 g/mol. The topological polar surface area (TPSA) is 168 Å². The molecule has 130 heavy (non-hydrogen) atoms. The first-order valence-electron chi connectivity index (χ1n) is 42.6. The van der Waals surface area contributed by atoms with Gasteiger partial charge in [0, 0.05) is 83.5 Å². The maximum absolute atomic E-state index is 13.3. The summed E-state index contributed by atoms with van der Waals surface area (Å²) in [6.07, 6.45) is -4.45. The fourth-order valence-corrected chi connectivity index (χ4v) is 14.5. The summed E-state index contributed by atoms with van der Waals surface area (Å²) in [5.74, 6) is 6.66. The van der Waals surface area contributed by atoms with Crippen LogP contribution in [-0.4, -0.2) is 64.8 Å². The molecule has 5 heterocycles. The van der Waals surface area contributed by atoms with Crippen molar-refractivity contribution < 1.29 is 13.2 Å². The summed E-state index contributed by atoms with van der Waals surface area (Å²) in [6.45, 7) is 12.1. The maximum atomic E-state index is 13.3. The Kier molecular flexibility index (Phi) is 27.6. The van der Waals surface area contributed by atoms with Crippen LogP contribution in [0.3, 0.4) is 0 Å². The van der Waals surface area contributed by atoms with E-state index in [1.54, 1.807) is 13.0 Å². The minimum atomic E-state index is -4.45. The van der Waals surface area contributed by atoms with Crippen molar-refractivity contribution in [2.24, 2.45) is 0 Å². The third-order valence-electron chi connectivity index (χ3n) is 20.8. The minimum absolute atomic E-state index is 0.201. The van der Waals surface area contributed by atoms with Gasteiger partial charge in [-0.1, -0.05) is 392 Å². The van der Waals surface area contributed by atoms with E-state index in [2.05, 4.69) is 171 Å². The molecular weight excluding hydrogens is 1610 g/mol. The molecule has 0 fully saturated rings. The van der Waals surface area contributed by atoms with Crippen LogP contribution >= 0.6 is 0 Å². The molecule has 0 bridgehead atoms. The van der Waals surface area contributed by atoms with Crippen LogP contribution in [0.1, 0.15) is 38.9 Å². The van der Waals surface area contributed by atoms with Gasteiger partial charge in [0.1, 0.15) is 0 Å². The molecule has 0 atom stereocenters. The van der Waals surface area contributed by atoms with Gasteiger partial charge in [-0.2, -0.15) is 13.2 Å². The zero-order valence-electron chi connectivity index (χ0n) is 72.4. The number of nitrogens with zero attached hydrogens (tertiary/aromatic N) is 13. The third-order valence-corrected chi connectivity index (χ3v) is 20.8. The van der Waals surface area contributed by atoms with Crippen molar-refractivity contribution in [1.82, 2.24) is 64.8 Å². The van der Waals surface area contributed by atoms with Crippen LogP contribution in [0.5, 0.6) is 0 Å². The van der Waals surface area contributed by atoms with Gasteiger partial charge < -0.3 is 0 Å². The van der Waals surface area contributed by atoms with Crippen LogP contribution in [0.25, 0.3) is 170 Å². The number of benzene rings is 15. The SMILES string of the molecule is Cc1cc(-c2nc(-c3ccccc3)nc(-c3ccccc3)n2)cc(C(F)(F)F)c1.Cc1cc(C)cc(-c2nc(-c3ccccc3)nc(-c3ccccc3)n2)c1.Cc1cccc(-c2cc(-c3ccccc3)nc(-c3ccccc3)n2)c1.Cc1cccc(-c2nc(-c3ccccc3)cc(-c3ccccc3)n2)c1.Cc1cccc(-c2nc(-c3ccccc3)nc(-c3ccccc3)n2)c1. The lowest BCUT2D eigenvalue weighted by molar-refractivity contribution is -0.137. The number of aromatic nitrogens is 13. The number of alkyl halides is 3. The van der Waals surface area contributed by atoms with Crippen LogP contribution in [0.2, 0.25) is 0 Å². The van der Waals surface area contributed by atoms with Gasteiger partial charge in [-0.15, -0.1) is 0 Å². The quantitative estimate of drug-likeness (QED) is 0.0952. The molecule has 630 valence electrons. The van der Waals surface area contributed by atoms with E-state index in [1.807, 2.05) is 285 Å². The molecule has 0 aliphatic rings. The van der Waals surface area contributed by atoms with E-state index >= 15 is 0 Å². The molecular formula is C114H88F3N13. The van der Waals surface area contributed by atoms with Crippen molar-refractivity contribution in [3.63, 3.8) is 0 Å². The van der Waals surface area contributed by atoms with E-state index < -0.39 is 11.7 Å². The molecule has 0 aliphatic carbocycles. The zero-order chi connectivity index (χ0) is 89.6. The molecule has 0 radical (unpaired) electrons. The van der Waals surface area contributed by atoms with Gasteiger partial charge >= 0.3 is 6.18 Å². The normalized spacial score (nSPS) is 10.8. The minimum Gasteiger partial charge on any atom is -0.228 e. The van der Waals surface area contributed by atoms with Crippen molar-refractivity contribution in [3.8, 4) is 170 Å². The molecule has 20 aromatic rings. The number of hydrogen-bond acceptors (Lipinski definition) is 13. The summed E-state index contributed by atoms with van der Waals surface area (Å²) >= 11 is 0. The second kappa shape index (κ2) is 41.4. The Morgan fingerprint density at radius 3 is 0.569 bits per heavy atom. The van der Waals surface area contributed by atoms with Crippen LogP contribution in [-0.2, 0) is 6.18 Å². The summed E-state index contributed by atoms with van der Waals surface area (Å²) in [5, 5.41) is 0. The smallest absolute Gasteiger partial charge is 0.228 e. The number of hydrogen-bond donors (Lipinski definition) is 0. The Morgan fingerprint density at radius 2 is 0.315 bits per heavy atom. The molecule has 0 N–H and O–H groups in total. The van der Waals surface area contributed by atoms with E-state index in [9.17, 15) is 13.2 Å². The van der Waals surface area contributed by atoms with Gasteiger partial charge in [0.15, 0.2) is 64.1 Å². The van der Waals surface area contributed by atoms with Gasteiger partial charge in [-0.05, 0) is 108 Å². The summed E-state index contributed by atoms with van der Waals surface area (Å²) < 4.78 is 39.9. The molecule has 0 saturated heterocycles. The van der Waals surface area contributed by atoms with E-state index in [1.165, 1.54) is 27.8 Å². The second-order valence-electron chi connectivity index (χ2n) is 31.1. The predicted molar refractivity (Wildman–Crippen MR) is 519 cm³/mol. The molecule has 15 aromatic carbocycles. The zero-order valence-corrected chi connectivity index (χ0v) is 72.4. The Morgan fingerprint density at radius 1 is 0.138 bits per heavy atom. The molecule has 20 rings (SSSR count). The Balaban J connectivity index is 0.000000119. The van der Waals surface area contributed by atoms with Crippen LogP contribution < -0.4 is 0 Å². The van der Waals surface area contributed by atoms with E-state index in [4.69, 9.17) is 49.8 Å². The fraction of sp³-hybridized carbons (Fsp3) is 0.0614. The average molecular weight is 1700 g/mol. The van der Waals surface area contributed by atoms with Crippen molar-refractivity contribution >= 4 is 0 Å². The highest BCUT2D eigenvalue weighted by Gasteiger charge is 2.32. The maximum Gasteiger partial charge on any atom is 0.416 e. The van der Waals surface area contributed by atoms with E-state index in [0.717, 1.165) is 124 Å². The first kappa shape index (κ1) is 86.8. The lowest BCUT2D eigenvalue weighted by Crippen LogP contribution is -2.06. The largest absolute Gasteiger partial charge is 0.416 e. The summed E-state index contributed by atoms with van der Waals surface area (Å²) in [4.78, 5) is 61.2. The molecule has 0 saturated carbocycles. The summed E-state index contributed by atoms with van der Waals surface area (Å²) in [5.41, 5.74) is 23.7. The number of halogens is 3. The standard InChI is InChI=1S/C23H16F3N3.C23H19N3.2C23H18N2.C22H17N3/c1-15-12-18(14-19(13-15)23(24,25)26)22-28-20(16-8-4-2-5-9-16)27-21(29-22)17-10-6-3-7-11-17;1-16-13-17(2)15-20(14-16)23-25-21(18-9-5-3-6-10-18)24-22(26-23)19-11-7-4-8-12-19;1-17-9-8-14-20(15-17)22-16-21(18-10-4-2-5-11-18)24-23(25-22)19-12-6-3-7-13-19;1-17-9-8-14-20(15-17)23-24-21(18-10-4-2-5-11-18)16-22(25-23)19-12-6-3-7-13-19;1-16-9-8-14-19(15-16)22-24-20(17-10-4-2-5-11-17)23-21(25-22)18-12-6-3-7-13-18/h2-14H,1H3;3-15H,1-2H3;2*2-16H,1H3;2-15H,1H3. The fourth-order valence-electron chi connectivity index (χ4n) is 14.5. The van der Waals surface area contributed by atoms with Crippen LogP contribution in [0, 0.1) is 41.5 Å². The van der Waals surface area contributed by atoms with Gasteiger partial charge in [0.25, 0.3) is 0 Å². The highest BCUT2D eigenvalue weighted by atomic mass is 19.4. The average Bonchev–Trinajstić information content (AvgIpc) is 0.830. The Bertz CT molecular complexity index is 6470. The van der Waals surface area contributed by atoms with E-state index in [0.29, 0.717) is 57.7 Å².